The smallest absolute Gasteiger partial charge is 0.0718 e. The molecule has 1 N–H and O–H groups in total. The summed E-state index contributed by atoms with van der Waals surface area (Å²) in [6.07, 6.45) is 1.37. The van der Waals surface area contributed by atoms with Gasteiger partial charge in [0.05, 0.1) is 12.7 Å². The number of hydrogen-bond acceptors (Lipinski definition) is 3. The van der Waals surface area contributed by atoms with E-state index in [9.17, 15) is 0 Å². The third-order valence-corrected chi connectivity index (χ3v) is 3.54. The molecule has 0 aliphatic carbocycles. The Bertz CT molecular complexity index is 373. The monoisotopic (exact) mass is 248 g/mol. The molecule has 0 saturated carbocycles. The van der Waals surface area contributed by atoms with Crippen molar-refractivity contribution in [2.75, 3.05) is 33.8 Å². The Hall–Kier alpha value is -0.900. The van der Waals surface area contributed by atoms with Crippen molar-refractivity contribution in [3.05, 3.63) is 35.4 Å². The zero-order valence-corrected chi connectivity index (χ0v) is 11.6. The lowest BCUT2D eigenvalue weighted by Gasteiger charge is -2.31. The molecule has 0 spiro atoms. The Balaban J connectivity index is 2.07. The van der Waals surface area contributed by atoms with Crippen molar-refractivity contribution in [3.8, 4) is 0 Å². The average Bonchev–Trinajstić information content (AvgIpc) is 2.37. The highest BCUT2D eigenvalue weighted by molar-refractivity contribution is 5.25. The lowest BCUT2D eigenvalue weighted by Crippen LogP contribution is -2.40. The van der Waals surface area contributed by atoms with Crippen LogP contribution in [0.5, 0.6) is 0 Å². The largest absolute Gasteiger partial charge is 0.376 e. The van der Waals surface area contributed by atoms with Crippen molar-refractivity contribution in [2.45, 2.75) is 25.5 Å². The summed E-state index contributed by atoms with van der Waals surface area (Å²) in [5.74, 6) is 0. The second-order valence-corrected chi connectivity index (χ2v) is 5.33. The molecule has 0 aromatic heterocycles. The quantitative estimate of drug-likeness (QED) is 0.882. The van der Waals surface area contributed by atoms with Gasteiger partial charge in [-0.3, -0.25) is 0 Å². The van der Waals surface area contributed by atoms with Gasteiger partial charge in [0.25, 0.3) is 0 Å². The predicted octanol–water partition coefficient (Wildman–Crippen LogP) is 1.98. The van der Waals surface area contributed by atoms with Crippen LogP contribution in [0, 0.1) is 6.92 Å². The minimum atomic E-state index is 0.326. The molecule has 2 atom stereocenters. The van der Waals surface area contributed by atoms with Gasteiger partial charge >= 0.3 is 0 Å². The molecule has 0 radical (unpaired) electrons. The summed E-state index contributed by atoms with van der Waals surface area (Å²) in [7, 11) is 4.28. The predicted molar refractivity (Wildman–Crippen MR) is 74.8 cm³/mol. The molecule has 1 aromatic rings. The van der Waals surface area contributed by atoms with E-state index >= 15 is 0 Å². The van der Waals surface area contributed by atoms with Crippen LogP contribution in [-0.2, 0) is 4.74 Å². The van der Waals surface area contributed by atoms with Crippen molar-refractivity contribution in [1.29, 1.82) is 0 Å². The van der Waals surface area contributed by atoms with E-state index in [1.54, 1.807) is 0 Å². The molecule has 1 aliphatic rings. The van der Waals surface area contributed by atoms with Crippen LogP contribution in [0.3, 0.4) is 0 Å². The second-order valence-electron chi connectivity index (χ2n) is 5.33. The molecule has 1 fully saturated rings. The molecular formula is C15H24N2O. The Kier molecular flexibility index (Phi) is 4.75. The van der Waals surface area contributed by atoms with Crippen LogP contribution in [0.2, 0.25) is 0 Å². The second kappa shape index (κ2) is 6.32. The minimum absolute atomic E-state index is 0.326. The zero-order valence-electron chi connectivity index (χ0n) is 11.6. The molecule has 2 rings (SSSR count). The molecule has 3 nitrogen and oxygen atoms in total. The first-order valence-electron chi connectivity index (χ1n) is 6.72. The zero-order chi connectivity index (χ0) is 13.0. The van der Waals surface area contributed by atoms with Gasteiger partial charge in [-0.2, -0.15) is 0 Å². The molecule has 0 bridgehead atoms. The first-order chi connectivity index (χ1) is 8.66. The number of ether oxygens (including phenoxy) is 1. The Morgan fingerprint density at radius 1 is 1.44 bits per heavy atom. The van der Waals surface area contributed by atoms with E-state index in [-0.39, 0.29) is 0 Å². The van der Waals surface area contributed by atoms with Gasteiger partial charge in [-0.15, -0.1) is 0 Å². The van der Waals surface area contributed by atoms with Gasteiger partial charge in [-0.1, -0.05) is 29.8 Å². The Labute approximate surface area is 110 Å². The van der Waals surface area contributed by atoms with Gasteiger partial charge in [0, 0.05) is 19.1 Å². The van der Waals surface area contributed by atoms with E-state index < -0.39 is 0 Å². The number of nitrogens with one attached hydrogen (secondary N) is 1. The highest BCUT2D eigenvalue weighted by Crippen LogP contribution is 2.25. The summed E-state index contributed by atoms with van der Waals surface area (Å²) in [4.78, 5) is 2.28. The maximum atomic E-state index is 5.82. The lowest BCUT2D eigenvalue weighted by atomic mass is 9.97. The number of hydrogen-bond donors (Lipinski definition) is 1. The van der Waals surface area contributed by atoms with Crippen LogP contribution < -0.4 is 5.32 Å². The maximum Gasteiger partial charge on any atom is 0.0718 e. The molecule has 3 heteroatoms. The van der Waals surface area contributed by atoms with Crippen LogP contribution in [0.25, 0.3) is 0 Å². The van der Waals surface area contributed by atoms with Crippen LogP contribution in [0.15, 0.2) is 24.3 Å². The number of morpholine rings is 1. The molecule has 1 aliphatic heterocycles. The van der Waals surface area contributed by atoms with Gasteiger partial charge in [-0.05, 0) is 33.0 Å². The molecule has 18 heavy (non-hydrogen) atoms. The standard InChI is InChI=1S/C15H24N2O/c1-12-5-4-6-13(9-12)15(17(2)3)10-14-11-16-7-8-18-14/h4-6,9,14-16H,7-8,10-11H2,1-3H3. The number of benzene rings is 1. The number of nitrogens with zero attached hydrogens (tertiary/aromatic N) is 1. The Morgan fingerprint density at radius 2 is 2.28 bits per heavy atom. The van der Waals surface area contributed by atoms with Crippen LogP contribution >= 0.6 is 0 Å². The van der Waals surface area contributed by atoms with Crippen molar-refractivity contribution in [3.63, 3.8) is 0 Å². The van der Waals surface area contributed by atoms with E-state index in [1.165, 1.54) is 11.1 Å². The van der Waals surface area contributed by atoms with Crippen molar-refractivity contribution >= 4 is 0 Å². The summed E-state index contributed by atoms with van der Waals surface area (Å²) in [5, 5.41) is 3.40. The molecule has 1 heterocycles. The normalized spacial score (nSPS) is 22.1. The molecule has 1 saturated heterocycles. The SMILES string of the molecule is Cc1cccc(C(CC2CNCCO2)N(C)C)c1. The van der Waals surface area contributed by atoms with Gasteiger partial charge < -0.3 is 15.0 Å². The van der Waals surface area contributed by atoms with Crippen molar-refractivity contribution in [1.82, 2.24) is 10.2 Å². The number of aryl methyl sites for hydroxylation is 1. The summed E-state index contributed by atoms with van der Waals surface area (Å²) in [6, 6.07) is 9.21. The molecule has 1 aromatic carbocycles. The van der Waals surface area contributed by atoms with Crippen molar-refractivity contribution < 1.29 is 4.74 Å². The fraction of sp³-hybridized carbons (Fsp3) is 0.600. The lowest BCUT2D eigenvalue weighted by molar-refractivity contribution is 0.00894. The highest BCUT2D eigenvalue weighted by Gasteiger charge is 2.22. The fourth-order valence-corrected chi connectivity index (χ4v) is 2.54. The van der Waals surface area contributed by atoms with Gasteiger partial charge in [-0.25, -0.2) is 0 Å². The number of rotatable bonds is 4. The van der Waals surface area contributed by atoms with E-state index in [1.807, 2.05) is 0 Å². The van der Waals surface area contributed by atoms with E-state index in [4.69, 9.17) is 4.74 Å². The van der Waals surface area contributed by atoms with E-state index in [0.717, 1.165) is 26.1 Å². The van der Waals surface area contributed by atoms with Crippen LogP contribution in [0.4, 0.5) is 0 Å². The summed E-state index contributed by atoms with van der Waals surface area (Å²) in [5.41, 5.74) is 2.70. The molecule has 2 unspecified atom stereocenters. The van der Waals surface area contributed by atoms with Gasteiger partial charge in [0.1, 0.15) is 0 Å². The molecule has 100 valence electrons. The minimum Gasteiger partial charge on any atom is -0.376 e. The fourth-order valence-electron chi connectivity index (χ4n) is 2.54. The first-order valence-corrected chi connectivity index (χ1v) is 6.72. The third-order valence-electron chi connectivity index (χ3n) is 3.54. The Morgan fingerprint density at radius 3 is 2.89 bits per heavy atom. The van der Waals surface area contributed by atoms with Gasteiger partial charge in [0.15, 0.2) is 0 Å². The molecular weight excluding hydrogens is 224 g/mol. The summed E-state index contributed by atoms with van der Waals surface area (Å²) >= 11 is 0. The summed E-state index contributed by atoms with van der Waals surface area (Å²) in [6.45, 7) is 4.93. The van der Waals surface area contributed by atoms with Gasteiger partial charge in [0.2, 0.25) is 0 Å². The average molecular weight is 248 g/mol. The summed E-state index contributed by atoms with van der Waals surface area (Å²) < 4.78 is 5.82. The van der Waals surface area contributed by atoms with Crippen LogP contribution in [0.1, 0.15) is 23.6 Å². The topological polar surface area (TPSA) is 24.5 Å². The first kappa shape index (κ1) is 13.5. The maximum absolute atomic E-state index is 5.82. The van der Waals surface area contributed by atoms with E-state index in [2.05, 4.69) is 55.5 Å². The van der Waals surface area contributed by atoms with Crippen LogP contribution in [-0.4, -0.2) is 44.8 Å². The highest BCUT2D eigenvalue weighted by atomic mass is 16.5. The van der Waals surface area contributed by atoms with E-state index in [0.29, 0.717) is 12.1 Å². The van der Waals surface area contributed by atoms with Crippen molar-refractivity contribution in [2.24, 2.45) is 0 Å². The molecule has 0 amide bonds. The third kappa shape index (κ3) is 3.55.